The van der Waals surface area contributed by atoms with Crippen molar-refractivity contribution < 1.29 is 0 Å². The van der Waals surface area contributed by atoms with E-state index in [1.807, 2.05) is 18.2 Å². The van der Waals surface area contributed by atoms with Gasteiger partial charge >= 0.3 is 0 Å². The van der Waals surface area contributed by atoms with Gasteiger partial charge in [-0.2, -0.15) is 0 Å². The Hall–Kier alpha value is -1.15. The maximum atomic E-state index is 4.67. The van der Waals surface area contributed by atoms with Crippen LogP contribution in [0.4, 0.5) is 0 Å². The van der Waals surface area contributed by atoms with Gasteiger partial charge in [0.2, 0.25) is 0 Å². The van der Waals surface area contributed by atoms with Gasteiger partial charge in [0.05, 0.1) is 12.2 Å². The van der Waals surface area contributed by atoms with Crippen LogP contribution in [0.3, 0.4) is 0 Å². The number of aromatic nitrogens is 1. The van der Waals surface area contributed by atoms with Crippen molar-refractivity contribution in [2.45, 2.75) is 33.4 Å². The molecule has 6 heteroatoms. The predicted octanol–water partition coefficient (Wildman–Crippen LogP) is 4.14. The van der Waals surface area contributed by atoms with Crippen molar-refractivity contribution in [1.82, 2.24) is 15.6 Å². The average Bonchev–Trinajstić information content (AvgIpc) is 3.00. The van der Waals surface area contributed by atoms with Crippen molar-refractivity contribution in [3.63, 3.8) is 0 Å². The van der Waals surface area contributed by atoms with E-state index in [4.69, 9.17) is 0 Å². The SMILES string of the molecule is CN=C(NCc1nc(-c2ccccc2)cs1)NC(C)C(C)C.I. The van der Waals surface area contributed by atoms with Crippen molar-refractivity contribution in [3.8, 4) is 11.3 Å². The van der Waals surface area contributed by atoms with Gasteiger partial charge in [-0.25, -0.2) is 4.98 Å². The standard InChI is InChI=1S/C17H24N4S.HI/c1-12(2)13(3)20-17(18-4)19-10-16-21-15(11-22-16)14-8-6-5-7-9-14;/h5-9,11-13H,10H2,1-4H3,(H2,18,19,20);1H. The largest absolute Gasteiger partial charge is 0.354 e. The lowest BCUT2D eigenvalue weighted by atomic mass is 10.1. The van der Waals surface area contributed by atoms with Crippen molar-refractivity contribution in [1.29, 1.82) is 0 Å². The topological polar surface area (TPSA) is 49.3 Å². The highest BCUT2D eigenvalue weighted by Crippen LogP contribution is 2.21. The first-order chi connectivity index (χ1) is 10.6. The molecule has 1 aromatic carbocycles. The highest BCUT2D eigenvalue weighted by molar-refractivity contribution is 14.0. The summed E-state index contributed by atoms with van der Waals surface area (Å²) in [6.45, 7) is 7.23. The number of hydrogen-bond donors (Lipinski definition) is 2. The normalized spacial score (nSPS) is 12.7. The van der Waals surface area contributed by atoms with Gasteiger partial charge in [-0.3, -0.25) is 4.99 Å². The molecule has 0 saturated carbocycles. The van der Waals surface area contributed by atoms with E-state index in [2.05, 4.69) is 58.9 Å². The third kappa shape index (κ3) is 6.10. The Morgan fingerprint density at radius 3 is 2.52 bits per heavy atom. The van der Waals surface area contributed by atoms with Crippen LogP contribution in [0, 0.1) is 5.92 Å². The smallest absolute Gasteiger partial charge is 0.191 e. The molecule has 126 valence electrons. The zero-order valence-electron chi connectivity index (χ0n) is 14.0. The van der Waals surface area contributed by atoms with Crippen molar-refractivity contribution in [2.24, 2.45) is 10.9 Å². The van der Waals surface area contributed by atoms with Crippen LogP contribution in [0.15, 0.2) is 40.7 Å². The second kappa shape index (κ2) is 9.87. The Kier molecular flexibility index (Phi) is 8.54. The monoisotopic (exact) mass is 444 g/mol. The van der Waals surface area contributed by atoms with E-state index < -0.39 is 0 Å². The van der Waals surface area contributed by atoms with Gasteiger partial charge in [-0.05, 0) is 12.8 Å². The number of nitrogens with zero attached hydrogens (tertiary/aromatic N) is 2. The maximum Gasteiger partial charge on any atom is 0.191 e. The number of halogens is 1. The van der Waals surface area contributed by atoms with E-state index in [0.29, 0.717) is 18.5 Å². The molecule has 0 aliphatic rings. The Morgan fingerprint density at radius 1 is 1.22 bits per heavy atom. The van der Waals surface area contributed by atoms with Crippen LogP contribution in [0.5, 0.6) is 0 Å². The summed E-state index contributed by atoms with van der Waals surface area (Å²) in [5, 5.41) is 9.86. The molecule has 0 amide bonds. The molecule has 23 heavy (non-hydrogen) atoms. The minimum Gasteiger partial charge on any atom is -0.354 e. The highest BCUT2D eigenvalue weighted by atomic mass is 127. The number of hydrogen-bond acceptors (Lipinski definition) is 3. The zero-order chi connectivity index (χ0) is 15.9. The van der Waals surface area contributed by atoms with Crippen LogP contribution in [-0.4, -0.2) is 24.0 Å². The Morgan fingerprint density at radius 2 is 1.91 bits per heavy atom. The van der Waals surface area contributed by atoms with Gasteiger partial charge < -0.3 is 10.6 Å². The van der Waals surface area contributed by atoms with Crippen molar-refractivity contribution in [2.75, 3.05) is 7.05 Å². The third-order valence-corrected chi connectivity index (χ3v) is 4.47. The fourth-order valence-electron chi connectivity index (χ4n) is 1.87. The molecule has 2 N–H and O–H groups in total. The molecule has 0 bridgehead atoms. The molecule has 0 radical (unpaired) electrons. The lowest BCUT2D eigenvalue weighted by Gasteiger charge is -2.20. The molecule has 1 unspecified atom stereocenters. The zero-order valence-corrected chi connectivity index (χ0v) is 17.2. The van der Waals surface area contributed by atoms with Crippen LogP contribution >= 0.6 is 35.3 Å². The van der Waals surface area contributed by atoms with E-state index >= 15 is 0 Å². The number of thiazole rings is 1. The van der Waals surface area contributed by atoms with Gasteiger partial charge in [0.25, 0.3) is 0 Å². The maximum absolute atomic E-state index is 4.67. The number of nitrogens with one attached hydrogen (secondary N) is 2. The molecule has 0 aliphatic heterocycles. The van der Waals surface area contributed by atoms with Gasteiger partial charge in [0.1, 0.15) is 5.01 Å². The van der Waals surface area contributed by atoms with Crippen LogP contribution in [0.25, 0.3) is 11.3 Å². The Labute approximate surface area is 159 Å². The molecule has 0 saturated heterocycles. The second-order valence-corrected chi connectivity index (χ2v) is 6.54. The summed E-state index contributed by atoms with van der Waals surface area (Å²) < 4.78 is 0. The first kappa shape index (κ1) is 19.9. The molecular formula is C17H25IN4S. The molecule has 1 atom stereocenters. The minimum absolute atomic E-state index is 0. The summed E-state index contributed by atoms with van der Waals surface area (Å²) in [6.07, 6.45) is 0. The number of rotatable bonds is 5. The van der Waals surface area contributed by atoms with E-state index in [9.17, 15) is 0 Å². The fraction of sp³-hybridized carbons (Fsp3) is 0.412. The highest BCUT2D eigenvalue weighted by Gasteiger charge is 2.10. The van der Waals surface area contributed by atoms with E-state index in [1.54, 1.807) is 18.4 Å². The van der Waals surface area contributed by atoms with Crippen LogP contribution in [0.1, 0.15) is 25.8 Å². The van der Waals surface area contributed by atoms with E-state index in [1.165, 1.54) is 0 Å². The lowest BCUT2D eigenvalue weighted by molar-refractivity contribution is 0.481. The average molecular weight is 444 g/mol. The molecule has 2 rings (SSSR count). The third-order valence-electron chi connectivity index (χ3n) is 3.62. The summed E-state index contributed by atoms with van der Waals surface area (Å²) in [6, 6.07) is 10.6. The second-order valence-electron chi connectivity index (χ2n) is 5.60. The molecular weight excluding hydrogens is 419 g/mol. The molecule has 1 aromatic heterocycles. The number of aliphatic imine (C=N–C) groups is 1. The first-order valence-electron chi connectivity index (χ1n) is 7.57. The number of benzene rings is 1. The number of guanidine groups is 1. The summed E-state index contributed by atoms with van der Waals surface area (Å²) in [5.41, 5.74) is 2.18. The molecule has 2 aromatic rings. The van der Waals surface area contributed by atoms with Gasteiger partial charge in [-0.15, -0.1) is 35.3 Å². The van der Waals surface area contributed by atoms with Crippen LogP contribution < -0.4 is 10.6 Å². The molecule has 0 aliphatic carbocycles. The minimum atomic E-state index is 0. The first-order valence-corrected chi connectivity index (χ1v) is 8.45. The molecule has 1 heterocycles. The quantitative estimate of drug-likeness (QED) is 0.414. The summed E-state index contributed by atoms with van der Waals surface area (Å²) in [4.78, 5) is 8.94. The Bertz CT molecular complexity index is 610. The van der Waals surface area contributed by atoms with Gasteiger partial charge in [0.15, 0.2) is 5.96 Å². The molecule has 0 spiro atoms. The van der Waals surface area contributed by atoms with Crippen LogP contribution in [0.2, 0.25) is 0 Å². The summed E-state index contributed by atoms with van der Waals surface area (Å²) in [7, 11) is 1.79. The predicted molar refractivity (Wildman–Crippen MR) is 111 cm³/mol. The molecule has 0 fully saturated rings. The lowest BCUT2D eigenvalue weighted by Crippen LogP contribution is -2.43. The Balaban J connectivity index is 0.00000264. The summed E-state index contributed by atoms with van der Waals surface area (Å²) >= 11 is 1.67. The van der Waals surface area contributed by atoms with Gasteiger partial charge in [0, 0.05) is 24.0 Å². The summed E-state index contributed by atoms with van der Waals surface area (Å²) in [5.74, 6) is 1.38. The van der Waals surface area contributed by atoms with Crippen molar-refractivity contribution >= 4 is 41.3 Å². The molecule has 4 nitrogen and oxygen atoms in total. The van der Waals surface area contributed by atoms with E-state index in [0.717, 1.165) is 22.2 Å². The van der Waals surface area contributed by atoms with E-state index in [-0.39, 0.29) is 24.0 Å². The van der Waals surface area contributed by atoms with Crippen molar-refractivity contribution in [3.05, 3.63) is 40.7 Å². The fourth-order valence-corrected chi connectivity index (χ4v) is 2.61. The van der Waals surface area contributed by atoms with Gasteiger partial charge in [-0.1, -0.05) is 44.2 Å². The van der Waals surface area contributed by atoms with Crippen LogP contribution in [-0.2, 0) is 6.54 Å².